The van der Waals surface area contributed by atoms with Crippen molar-refractivity contribution in [2.45, 2.75) is 32.5 Å². The first-order valence-electron chi connectivity index (χ1n) is 10.8. The van der Waals surface area contributed by atoms with E-state index in [1.54, 1.807) is 17.0 Å². The smallest absolute Gasteiger partial charge is 0.266 e. The van der Waals surface area contributed by atoms with Crippen molar-refractivity contribution < 1.29 is 19.0 Å². The van der Waals surface area contributed by atoms with Crippen molar-refractivity contribution in [2.24, 2.45) is 0 Å². The maximum Gasteiger partial charge on any atom is 0.266 e. The van der Waals surface area contributed by atoms with Crippen molar-refractivity contribution in [1.29, 1.82) is 0 Å². The molecule has 0 saturated carbocycles. The Balaban J connectivity index is 1.54. The van der Waals surface area contributed by atoms with E-state index in [1.165, 1.54) is 11.8 Å². The Morgan fingerprint density at radius 2 is 2.12 bits per heavy atom. The van der Waals surface area contributed by atoms with Crippen molar-refractivity contribution >= 4 is 79.4 Å². The van der Waals surface area contributed by atoms with Gasteiger partial charge in [-0.2, -0.15) is 0 Å². The third-order valence-electron chi connectivity index (χ3n) is 5.30. The average molecular weight is 603 g/mol. The lowest BCUT2D eigenvalue weighted by molar-refractivity contribution is -0.123. The predicted octanol–water partition coefficient (Wildman–Crippen LogP) is 7.11. The second kappa shape index (κ2) is 11.6. The van der Waals surface area contributed by atoms with E-state index in [0.717, 1.165) is 30.6 Å². The van der Waals surface area contributed by atoms with Gasteiger partial charge in [0.05, 0.1) is 28.6 Å². The molecule has 2 heterocycles. The van der Waals surface area contributed by atoms with Gasteiger partial charge in [-0.15, -0.1) is 0 Å². The molecule has 0 bridgehead atoms. The van der Waals surface area contributed by atoms with Crippen LogP contribution in [0.3, 0.4) is 0 Å². The maximum absolute atomic E-state index is 13.0. The molecule has 0 aromatic heterocycles. The zero-order chi connectivity index (χ0) is 24.2. The van der Waals surface area contributed by atoms with Gasteiger partial charge in [0.25, 0.3) is 5.91 Å². The molecule has 0 unspecified atom stereocenters. The van der Waals surface area contributed by atoms with Crippen molar-refractivity contribution in [3.05, 3.63) is 60.9 Å². The van der Waals surface area contributed by atoms with Crippen LogP contribution in [-0.2, 0) is 16.1 Å². The van der Waals surface area contributed by atoms with Crippen LogP contribution in [-0.4, -0.2) is 41.0 Å². The van der Waals surface area contributed by atoms with E-state index in [1.807, 2.05) is 31.2 Å². The summed E-state index contributed by atoms with van der Waals surface area (Å²) in [5.41, 5.74) is 1.60. The molecule has 0 N–H and O–H groups in total. The van der Waals surface area contributed by atoms with E-state index in [4.69, 9.17) is 49.6 Å². The summed E-state index contributed by atoms with van der Waals surface area (Å²) < 4.78 is 18.8. The summed E-state index contributed by atoms with van der Waals surface area (Å²) >= 11 is 22.6. The lowest BCUT2D eigenvalue weighted by Crippen LogP contribution is -2.35. The maximum atomic E-state index is 13.0. The van der Waals surface area contributed by atoms with Gasteiger partial charge in [0.2, 0.25) is 0 Å². The molecule has 0 spiro atoms. The van der Waals surface area contributed by atoms with Crippen LogP contribution < -0.4 is 9.47 Å². The molecule has 1 amide bonds. The van der Waals surface area contributed by atoms with E-state index in [0.29, 0.717) is 48.4 Å². The molecule has 10 heteroatoms. The van der Waals surface area contributed by atoms with Crippen molar-refractivity contribution in [3.63, 3.8) is 0 Å². The number of hydrogen-bond donors (Lipinski definition) is 0. The zero-order valence-electron chi connectivity index (χ0n) is 18.3. The molecule has 2 saturated heterocycles. The van der Waals surface area contributed by atoms with E-state index in [2.05, 4.69) is 15.9 Å². The van der Waals surface area contributed by atoms with E-state index in [9.17, 15) is 4.79 Å². The SMILES string of the molecule is CCOc1cc(/C=C2\SC(=S)N(C[C@H]3CCCO3)C2=O)cc(Br)c1OCc1ccc(Cl)cc1Cl. The number of ether oxygens (including phenoxy) is 3. The highest BCUT2D eigenvalue weighted by Gasteiger charge is 2.34. The van der Waals surface area contributed by atoms with Crippen LogP contribution in [0.4, 0.5) is 0 Å². The first-order chi connectivity index (χ1) is 16.4. The first-order valence-corrected chi connectivity index (χ1v) is 13.5. The van der Waals surface area contributed by atoms with Gasteiger partial charge in [0, 0.05) is 22.2 Å². The Morgan fingerprint density at radius 3 is 2.82 bits per heavy atom. The number of hydrogen-bond acceptors (Lipinski definition) is 6. The molecule has 2 fully saturated rings. The van der Waals surface area contributed by atoms with Crippen LogP contribution in [0.5, 0.6) is 11.5 Å². The van der Waals surface area contributed by atoms with Gasteiger partial charge >= 0.3 is 0 Å². The summed E-state index contributed by atoms with van der Waals surface area (Å²) in [6.07, 6.45) is 3.83. The van der Waals surface area contributed by atoms with Crippen LogP contribution in [0.25, 0.3) is 6.08 Å². The van der Waals surface area contributed by atoms with E-state index in [-0.39, 0.29) is 18.6 Å². The molecule has 180 valence electrons. The van der Waals surface area contributed by atoms with Gasteiger partial charge in [0.15, 0.2) is 11.5 Å². The summed E-state index contributed by atoms with van der Waals surface area (Å²) in [5, 5.41) is 1.10. The van der Waals surface area contributed by atoms with Gasteiger partial charge in [0.1, 0.15) is 10.9 Å². The first kappa shape index (κ1) is 25.8. The molecule has 1 atom stereocenters. The van der Waals surface area contributed by atoms with Gasteiger partial charge in [-0.1, -0.05) is 53.2 Å². The minimum absolute atomic E-state index is 0.0473. The molecule has 4 rings (SSSR count). The van der Waals surface area contributed by atoms with Crippen molar-refractivity contribution in [2.75, 3.05) is 19.8 Å². The average Bonchev–Trinajstić information content (AvgIpc) is 3.39. The Morgan fingerprint density at radius 1 is 1.29 bits per heavy atom. The number of benzene rings is 2. The number of halogens is 3. The number of nitrogens with zero attached hydrogens (tertiary/aromatic N) is 1. The van der Waals surface area contributed by atoms with Crippen LogP contribution >= 0.6 is 63.1 Å². The number of thiocarbonyl (C=S) groups is 1. The molecule has 2 aliphatic rings. The normalized spacial score (nSPS) is 19.4. The monoisotopic (exact) mass is 601 g/mol. The Bertz CT molecular complexity index is 1140. The molecular formula is C24H22BrCl2NO4S2. The van der Waals surface area contributed by atoms with Gasteiger partial charge in [-0.3, -0.25) is 9.69 Å². The summed E-state index contributed by atoms with van der Waals surface area (Å²) in [4.78, 5) is 15.2. The van der Waals surface area contributed by atoms with Crippen molar-refractivity contribution in [3.8, 4) is 11.5 Å². The number of amides is 1. The molecule has 2 aliphatic heterocycles. The van der Waals surface area contributed by atoms with Gasteiger partial charge in [-0.25, -0.2) is 0 Å². The summed E-state index contributed by atoms with van der Waals surface area (Å²) in [5.74, 6) is 1.01. The highest BCUT2D eigenvalue weighted by atomic mass is 79.9. The fourth-order valence-electron chi connectivity index (χ4n) is 3.66. The fraction of sp³-hybridized carbons (Fsp3) is 0.333. The van der Waals surface area contributed by atoms with Crippen LogP contribution in [0.1, 0.15) is 30.9 Å². The topological polar surface area (TPSA) is 48.0 Å². The molecule has 34 heavy (non-hydrogen) atoms. The minimum atomic E-state index is -0.0997. The number of thioether (sulfide) groups is 1. The number of carbonyl (C=O) groups excluding carboxylic acids is 1. The van der Waals surface area contributed by atoms with E-state index < -0.39 is 0 Å². The summed E-state index contributed by atoms with van der Waals surface area (Å²) in [7, 11) is 0. The zero-order valence-corrected chi connectivity index (χ0v) is 23.0. The molecule has 0 radical (unpaired) electrons. The van der Waals surface area contributed by atoms with E-state index >= 15 is 0 Å². The number of carbonyl (C=O) groups is 1. The highest BCUT2D eigenvalue weighted by molar-refractivity contribution is 9.10. The lowest BCUT2D eigenvalue weighted by atomic mass is 10.1. The van der Waals surface area contributed by atoms with Gasteiger partial charge < -0.3 is 14.2 Å². The third-order valence-corrected chi connectivity index (χ3v) is 7.85. The molecule has 5 nitrogen and oxygen atoms in total. The predicted molar refractivity (Wildman–Crippen MR) is 145 cm³/mol. The Hall–Kier alpha value is -1.29. The molecule has 2 aromatic carbocycles. The third kappa shape index (κ3) is 6.09. The largest absolute Gasteiger partial charge is 0.490 e. The molecular weight excluding hydrogens is 581 g/mol. The fourth-order valence-corrected chi connectivity index (χ4v) is 5.98. The van der Waals surface area contributed by atoms with Crippen molar-refractivity contribution in [1.82, 2.24) is 4.90 Å². The van der Waals surface area contributed by atoms with Gasteiger partial charge in [-0.05, 0) is 71.6 Å². The number of rotatable bonds is 8. The minimum Gasteiger partial charge on any atom is -0.490 e. The summed E-state index contributed by atoms with van der Waals surface area (Å²) in [6.45, 7) is 3.84. The summed E-state index contributed by atoms with van der Waals surface area (Å²) in [6, 6.07) is 9.00. The van der Waals surface area contributed by atoms with Crippen LogP contribution in [0.15, 0.2) is 39.7 Å². The lowest BCUT2D eigenvalue weighted by Gasteiger charge is -2.18. The second-order valence-electron chi connectivity index (χ2n) is 7.71. The van der Waals surface area contributed by atoms with Crippen LogP contribution in [0, 0.1) is 0 Å². The molecule has 2 aromatic rings. The quantitative estimate of drug-likeness (QED) is 0.237. The standard InChI is InChI=1S/C24H22BrCl2NO4S2/c1-2-30-20-9-14(8-18(25)22(20)32-13-15-5-6-16(26)11-19(15)27)10-21-23(29)28(24(33)34-21)12-17-4-3-7-31-17/h5-6,8-11,17H,2-4,7,12-13H2,1H3/b21-10-/t17-/m1/s1. The second-order valence-corrected chi connectivity index (χ2v) is 11.1. The Labute approximate surface area is 226 Å². The Kier molecular flexibility index (Phi) is 8.82. The molecule has 0 aliphatic carbocycles. The van der Waals surface area contributed by atoms with Crippen LogP contribution in [0.2, 0.25) is 10.0 Å². The highest BCUT2D eigenvalue weighted by Crippen LogP contribution is 2.40.